The average molecular weight is 337 g/mol. The summed E-state index contributed by atoms with van der Waals surface area (Å²) in [5.74, 6) is -0.559. The number of nitrogens with zero attached hydrogens (tertiary/aromatic N) is 1. The van der Waals surface area contributed by atoms with Gasteiger partial charge in [-0.3, -0.25) is 14.9 Å². The second-order valence-electron chi connectivity index (χ2n) is 5.13. The van der Waals surface area contributed by atoms with Crippen molar-refractivity contribution in [2.45, 2.75) is 6.92 Å². The third kappa shape index (κ3) is 3.67. The molecular weight excluding hydrogens is 322 g/mol. The Kier molecular flexibility index (Phi) is 4.67. The third-order valence-electron chi connectivity index (χ3n) is 3.39. The molecule has 0 saturated carbocycles. The van der Waals surface area contributed by atoms with Gasteiger partial charge in [0.2, 0.25) is 0 Å². The van der Waals surface area contributed by atoms with Crippen molar-refractivity contribution in [1.29, 1.82) is 0 Å². The van der Waals surface area contributed by atoms with Crippen LogP contribution in [0.4, 0.5) is 10.8 Å². The summed E-state index contributed by atoms with van der Waals surface area (Å²) < 4.78 is 0. The first kappa shape index (κ1) is 15.9. The number of hydrogen-bond donors (Lipinski definition) is 2. The summed E-state index contributed by atoms with van der Waals surface area (Å²) in [5, 5.41) is 7.52. The molecule has 0 saturated heterocycles. The van der Waals surface area contributed by atoms with Crippen molar-refractivity contribution < 1.29 is 9.59 Å². The van der Waals surface area contributed by atoms with E-state index >= 15 is 0 Å². The molecule has 1 aromatic heterocycles. The van der Waals surface area contributed by atoms with Gasteiger partial charge in [-0.1, -0.05) is 36.4 Å². The van der Waals surface area contributed by atoms with E-state index in [4.69, 9.17) is 0 Å². The van der Waals surface area contributed by atoms with Crippen LogP contribution in [0.3, 0.4) is 0 Å². The summed E-state index contributed by atoms with van der Waals surface area (Å²) in [6.07, 6.45) is 0. The van der Waals surface area contributed by atoms with Gasteiger partial charge in [-0.2, -0.15) is 0 Å². The predicted molar refractivity (Wildman–Crippen MR) is 95.6 cm³/mol. The number of carbonyl (C=O) groups is 2. The van der Waals surface area contributed by atoms with Crippen LogP contribution in [-0.4, -0.2) is 16.8 Å². The van der Waals surface area contributed by atoms with Crippen LogP contribution >= 0.6 is 11.3 Å². The van der Waals surface area contributed by atoms with Crippen LogP contribution in [0.5, 0.6) is 0 Å². The molecule has 3 rings (SSSR count). The van der Waals surface area contributed by atoms with Gasteiger partial charge in [0.1, 0.15) is 5.69 Å². The molecule has 0 bridgehead atoms. The van der Waals surface area contributed by atoms with Crippen molar-refractivity contribution in [3.8, 4) is 0 Å². The van der Waals surface area contributed by atoms with Crippen LogP contribution in [0.1, 0.15) is 26.4 Å². The summed E-state index contributed by atoms with van der Waals surface area (Å²) in [4.78, 5) is 28.5. The molecule has 0 aliphatic carbocycles. The van der Waals surface area contributed by atoms with E-state index in [1.54, 1.807) is 29.6 Å². The molecule has 0 spiro atoms. The summed E-state index contributed by atoms with van der Waals surface area (Å²) >= 11 is 1.21. The summed E-state index contributed by atoms with van der Waals surface area (Å²) in [5.41, 5.74) is 2.52. The van der Waals surface area contributed by atoms with E-state index in [2.05, 4.69) is 15.6 Å². The van der Waals surface area contributed by atoms with E-state index in [-0.39, 0.29) is 17.5 Å². The molecule has 0 fully saturated rings. The fraction of sp³-hybridized carbons (Fsp3) is 0.0556. The lowest BCUT2D eigenvalue weighted by atomic mass is 10.2. The molecule has 24 heavy (non-hydrogen) atoms. The maximum atomic E-state index is 12.3. The van der Waals surface area contributed by atoms with Crippen LogP contribution in [0, 0.1) is 6.92 Å². The number of rotatable bonds is 4. The zero-order valence-electron chi connectivity index (χ0n) is 12.9. The molecule has 5 nitrogen and oxygen atoms in total. The quantitative estimate of drug-likeness (QED) is 0.757. The SMILES string of the molecule is Cc1ccccc1NC(=O)c1csc(NC(=O)c2ccccc2)n1. The number of amides is 2. The molecule has 0 atom stereocenters. The Morgan fingerprint density at radius 3 is 2.38 bits per heavy atom. The Hall–Kier alpha value is -2.99. The Labute approximate surface area is 143 Å². The highest BCUT2D eigenvalue weighted by Gasteiger charge is 2.14. The fourth-order valence-corrected chi connectivity index (χ4v) is 2.78. The molecular formula is C18H15N3O2S. The molecule has 120 valence electrons. The van der Waals surface area contributed by atoms with E-state index < -0.39 is 0 Å². The van der Waals surface area contributed by atoms with E-state index in [1.165, 1.54) is 11.3 Å². The highest BCUT2D eigenvalue weighted by Crippen LogP contribution is 2.19. The second kappa shape index (κ2) is 7.06. The average Bonchev–Trinajstić information content (AvgIpc) is 3.06. The number of nitrogens with one attached hydrogen (secondary N) is 2. The van der Waals surface area contributed by atoms with Gasteiger partial charge >= 0.3 is 0 Å². The highest BCUT2D eigenvalue weighted by atomic mass is 32.1. The van der Waals surface area contributed by atoms with Gasteiger partial charge in [-0.25, -0.2) is 4.98 Å². The lowest BCUT2D eigenvalue weighted by molar-refractivity contribution is 0.101. The minimum absolute atomic E-state index is 0.254. The fourth-order valence-electron chi connectivity index (χ4n) is 2.09. The molecule has 2 N–H and O–H groups in total. The smallest absolute Gasteiger partial charge is 0.275 e. The Morgan fingerprint density at radius 1 is 0.917 bits per heavy atom. The van der Waals surface area contributed by atoms with Crippen molar-refractivity contribution in [1.82, 2.24) is 4.98 Å². The summed E-state index contributed by atoms with van der Waals surface area (Å²) in [6.45, 7) is 1.92. The molecule has 0 aliphatic heterocycles. The van der Waals surface area contributed by atoms with E-state index in [9.17, 15) is 9.59 Å². The lowest BCUT2D eigenvalue weighted by Gasteiger charge is -2.06. The van der Waals surface area contributed by atoms with E-state index in [0.717, 1.165) is 11.3 Å². The van der Waals surface area contributed by atoms with Crippen LogP contribution < -0.4 is 10.6 Å². The van der Waals surface area contributed by atoms with Crippen molar-refractivity contribution in [3.05, 3.63) is 76.8 Å². The highest BCUT2D eigenvalue weighted by molar-refractivity contribution is 7.14. The van der Waals surface area contributed by atoms with Gasteiger partial charge in [0, 0.05) is 16.6 Å². The largest absolute Gasteiger partial charge is 0.320 e. The molecule has 3 aromatic rings. The normalized spacial score (nSPS) is 10.2. The number of carbonyl (C=O) groups excluding carboxylic acids is 2. The molecule has 0 aliphatic rings. The zero-order chi connectivity index (χ0) is 16.9. The number of thiazole rings is 1. The molecule has 2 aromatic carbocycles. The first-order valence-corrected chi connectivity index (χ1v) is 8.20. The molecule has 2 amide bonds. The van der Waals surface area contributed by atoms with Gasteiger partial charge < -0.3 is 5.32 Å². The zero-order valence-corrected chi connectivity index (χ0v) is 13.8. The Morgan fingerprint density at radius 2 is 1.62 bits per heavy atom. The van der Waals surface area contributed by atoms with Gasteiger partial charge in [-0.05, 0) is 30.7 Å². The predicted octanol–water partition coefficient (Wildman–Crippen LogP) is 3.96. The topological polar surface area (TPSA) is 71.1 Å². The number of aromatic nitrogens is 1. The standard InChI is InChI=1S/C18H15N3O2S/c1-12-7-5-6-10-14(12)19-17(23)15-11-24-18(20-15)21-16(22)13-8-3-2-4-9-13/h2-11H,1H3,(H,19,23)(H,20,21,22). The van der Waals surface area contributed by atoms with Crippen LogP contribution in [0.25, 0.3) is 0 Å². The second-order valence-corrected chi connectivity index (χ2v) is 5.99. The van der Waals surface area contributed by atoms with Crippen molar-refractivity contribution in [3.63, 3.8) is 0 Å². The third-order valence-corrected chi connectivity index (χ3v) is 4.14. The van der Waals surface area contributed by atoms with Gasteiger partial charge in [0.05, 0.1) is 0 Å². The number of para-hydroxylation sites is 1. The van der Waals surface area contributed by atoms with Crippen molar-refractivity contribution in [2.75, 3.05) is 10.6 Å². The van der Waals surface area contributed by atoms with Crippen LogP contribution in [0.15, 0.2) is 60.0 Å². The minimum Gasteiger partial charge on any atom is -0.320 e. The summed E-state index contributed by atoms with van der Waals surface area (Å²) in [6, 6.07) is 16.4. The van der Waals surface area contributed by atoms with E-state index in [1.807, 2.05) is 37.3 Å². The number of hydrogen-bond acceptors (Lipinski definition) is 4. The minimum atomic E-state index is -0.305. The molecule has 6 heteroatoms. The van der Waals surface area contributed by atoms with Crippen LogP contribution in [0.2, 0.25) is 0 Å². The lowest BCUT2D eigenvalue weighted by Crippen LogP contribution is -2.14. The molecule has 0 unspecified atom stereocenters. The first-order valence-electron chi connectivity index (χ1n) is 7.32. The Bertz CT molecular complexity index is 875. The number of aryl methyl sites for hydroxylation is 1. The number of benzene rings is 2. The van der Waals surface area contributed by atoms with Crippen molar-refractivity contribution in [2.24, 2.45) is 0 Å². The number of anilines is 2. The Balaban J connectivity index is 1.68. The van der Waals surface area contributed by atoms with Crippen LogP contribution in [-0.2, 0) is 0 Å². The molecule has 1 heterocycles. The maximum Gasteiger partial charge on any atom is 0.275 e. The van der Waals surface area contributed by atoms with Gasteiger partial charge in [-0.15, -0.1) is 11.3 Å². The monoisotopic (exact) mass is 337 g/mol. The summed E-state index contributed by atoms with van der Waals surface area (Å²) in [7, 11) is 0. The molecule has 0 radical (unpaired) electrons. The first-order chi connectivity index (χ1) is 11.6. The van der Waals surface area contributed by atoms with Gasteiger partial charge in [0.25, 0.3) is 11.8 Å². The van der Waals surface area contributed by atoms with Gasteiger partial charge in [0.15, 0.2) is 5.13 Å². The maximum absolute atomic E-state index is 12.3. The van der Waals surface area contributed by atoms with E-state index in [0.29, 0.717) is 10.7 Å². The van der Waals surface area contributed by atoms with Crippen molar-refractivity contribution >= 4 is 34.0 Å².